The summed E-state index contributed by atoms with van der Waals surface area (Å²) in [6.07, 6.45) is 0.230. The molecule has 4 rings (SSSR count). The number of sulfonamides is 1. The number of methoxy groups -OCH3 is 1. The molecular formula is C34H36ClN3O5S. The van der Waals surface area contributed by atoms with Gasteiger partial charge in [0.25, 0.3) is 10.0 Å². The summed E-state index contributed by atoms with van der Waals surface area (Å²) in [5, 5.41) is 3.30. The van der Waals surface area contributed by atoms with Crippen LogP contribution in [0.5, 0.6) is 5.75 Å². The number of halogens is 1. The van der Waals surface area contributed by atoms with Crippen LogP contribution in [0.25, 0.3) is 0 Å². The van der Waals surface area contributed by atoms with Crippen molar-refractivity contribution in [1.29, 1.82) is 0 Å². The summed E-state index contributed by atoms with van der Waals surface area (Å²) >= 11 is 6.21. The van der Waals surface area contributed by atoms with E-state index in [1.165, 1.54) is 17.0 Å². The summed E-state index contributed by atoms with van der Waals surface area (Å²) in [6.45, 7) is 3.41. The van der Waals surface area contributed by atoms with Gasteiger partial charge in [-0.15, -0.1) is 0 Å². The van der Waals surface area contributed by atoms with Crippen LogP contribution in [0.15, 0.2) is 108 Å². The van der Waals surface area contributed by atoms with Gasteiger partial charge >= 0.3 is 0 Å². The van der Waals surface area contributed by atoms with Gasteiger partial charge < -0.3 is 15.0 Å². The Morgan fingerprint density at radius 3 is 2.18 bits per heavy atom. The lowest BCUT2D eigenvalue weighted by Crippen LogP contribution is -2.53. The van der Waals surface area contributed by atoms with Crippen molar-refractivity contribution in [2.45, 2.75) is 37.8 Å². The molecule has 0 saturated carbocycles. The molecule has 0 aliphatic carbocycles. The summed E-state index contributed by atoms with van der Waals surface area (Å²) in [4.78, 5) is 29.5. The Kier molecular flexibility index (Phi) is 11.0. The van der Waals surface area contributed by atoms with Crippen molar-refractivity contribution in [2.75, 3.05) is 24.5 Å². The number of likely N-dealkylation sites (N-methyl/N-ethyl adjacent to an activating group) is 1. The van der Waals surface area contributed by atoms with Crippen molar-refractivity contribution in [2.24, 2.45) is 0 Å². The number of anilines is 1. The maximum Gasteiger partial charge on any atom is 0.264 e. The molecule has 2 amide bonds. The van der Waals surface area contributed by atoms with Crippen LogP contribution in [0.4, 0.5) is 5.69 Å². The first-order chi connectivity index (χ1) is 21.1. The maximum absolute atomic E-state index is 14.5. The van der Waals surface area contributed by atoms with Gasteiger partial charge in [0, 0.05) is 24.5 Å². The number of hydrogen-bond acceptors (Lipinski definition) is 5. The number of amides is 2. The zero-order valence-electron chi connectivity index (χ0n) is 24.9. The van der Waals surface area contributed by atoms with Crippen molar-refractivity contribution in [3.63, 3.8) is 0 Å². The van der Waals surface area contributed by atoms with Gasteiger partial charge in [-0.25, -0.2) is 8.42 Å². The smallest absolute Gasteiger partial charge is 0.264 e. The largest absolute Gasteiger partial charge is 0.497 e. The fourth-order valence-corrected chi connectivity index (χ4v) is 6.67. The quantitative estimate of drug-likeness (QED) is 0.206. The zero-order chi connectivity index (χ0) is 31.7. The molecule has 0 radical (unpaired) electrons. The standard InChI is InChI=1S/C34H36ClN3O5S/c1-4-36-34(40)32(22-26-12-7-5-8-13-26)37(23-27-14-11-15-29(21-27)43-3)33(39)24-38(31-19-18-28(35)20-25(31)2)44(41,42)30-16-9-6-10-17-30/h5-21,32H,4,22-24H2,1-3H3,(H,36,40). The molecular weight excluding hydrogens is 598 g/mol. The second-order valence-electron chi connectivity index (χ2n) is 10.2. The molecule has 0 aromatic heterocycles. The second-order valence-corrected chi connectivity index (χ2v) is 12.5. The molecule has 0 aliphatic rings. The van der Waals surface area contributed by atoms with Crippen molar-refractivity contribution in [3.8, 4) is 5.75 Å². The molecule has 4 aromatic carbocycles. The number of benzene rings is 4. The first-order valence-electron chi connectivity index (χ1n) is 14.2. The Morgan fingerprint density at radius 1 is 0.886 bits per heavy atom. The lowest BCUT2D eigenvalue weighted by atomic mass is 10.0. The van der Waals surface area contributed by atoms with Crippen LogP contribution < -0.4 is 14.4 Å². The van der Waals surface area contributed by atoms with E-state index in [4.69, 9.17) is 16.3 Å². The number of carbonyl (C=O) groups excluding carboxylic acids is 2. The first kappa shape index (κ1) is 32.6. The van der Waals surface area contributed by atoms with Gasteiger partial charge in [-0.2, -0.15) is 0 Å². The molecule has 44 heavy (non-hydrogen) atoms. The molecule has 4 aromatic rings. The van der Waals surface area contributed by atoms with Crippen LogP contribution in [0.2, 0.25) is 5.02 Å². The zero-order valence-corrected chi connectivity index (χ0v) is 26.5. The molecule has 1 unspecified atom stereocenters. The van der Waals surface area contributed by atoms with E-state index in [0.29, 0.717) is 28.6 Å². The number of hydrogen-bond donors (Lipinski definition) is 1. The third-order valence-corrected chi connectivity index (χ3v) is 9.16. The Hall–Kier alpha value is -4.34. The minimum atomic E-state index is -4.19. The molecule has 8 nitrogen and oxygen atoms in total. The molecule has 1 N–H and O–H groups in total. The van der Waals surface area contributed by atoms with Gasteiger partial charge in [0.1, 0.15) is 18.3 Å². The molecule has 10 heteroatoms. The lowest BCUT2D eigenvalue weighted by molar-refractivity contribution is -0.140. The number of nitrogens with one attached hydrogen (secondary N) is 1. The molecule has 0 spiro atoms. The van der Waals surface area contributed by atoms with Crippen LogP contribution in [0.3, 0.4) is 0 Å². The van der Waals surface area contributed by atoms with Gasteiger partial charge in [-0.05, 0) is 73.0 Å². The van der Waals surface area contributed by atoms with Gasteiger partial charge in [0.2, 0.25) is 11.8 Å². The predicted molar refractivity (Wildman–Crippen MR) is 173 cm³/mol. The predicted octanol–water partition coefficient (Wildman–Crippen LogP) is 5.63. The Bertz CT molecular complexity index is 1680. The summed E-state index contributed by atoms with van der Waals surface area (Å²) in [7, 11) is -2.64. The topological polar surface area (TPSA) is 96.0 Å². The van der Waals surface area contributed by atoms with Crippen molar-refractivity contribution < 1.29 is 22.7 Å². The minimum Gasteiger partial charge on any atom is -0.497 e. The summed E-state index contributed by atoms with van der Waals surface area (Å²) in [5.41, 5.74) is 2.47. The lowest BCUT2D eigenvalue weighted by Gasteiger charge is -2.34. The van der Waals surface area contributed by atoms with Crippen molar-refractivity contribution in [1.82, 2.24) is 10.2 Å². The van der Waals surface area contributed by atoms with E-state index in [1.807, 2.05) is 43.3 Å². The maximum atomic E-state index is 14.5. The van der Waals surface area contributed by atoms with Crippen LogP contribution in [-0.4, -0.2) is 51.4 Å². The molecule has 1 atom stereocenters. The van der Waals surface area contributed by atoms with Gasteiger partial charge in [0.15, 0.2) is 0 Å². The van der Waals surface area contributed by atoms with E-state index in [2.05, 4.69) is 5.32 Å². The van der Waals surface area contributed by atoms with E-state index in [0.717, 1.165) is 15.4 Å². The summed E-state index contributed by atoms with van der Waals surface area (Å²) < 4.78 is 34.7. The third-order valence-electron chi connectivity index (χ3n) is 7.15. The molecule has 0 bridgehead atoms. The fraction of sp³-hybridized carbons (Fsp3) is 0.235. The highest BCUT2D eigenvalue weighted by Gasteiger charge is 2.35. The molecule has 0 aliphatic heterocycles. The Morgan fingerprint density at radius 2 is 1.55 bits per heavy atom. The van der Waals surface area contributed by atoms with E-state index in [9.17, 15) is 18.0 Å². The number of rotatable bonds is 13. The molecule has 0 fully saturated rings. The van der Waals surface area contributed by atoms with E-state index in [1.54, 1.807) is 68.6 Å². The summed E-state index contributed by atoms with van der Waals surface area (Å²) in [6, 6.07) is 28.5. The van der Waals surface area contributed by atoms with Crippen LogP contribution >= 0.6 is 11.6 Å². The number of aryl methyl sites for hydroxylation is 1. The van der Waals surface area contributed by atoms with E-state index >= 15 is 0 Å². The normalized spacial score (nSPS) is 11.8. The van der Waals surface area contributed by atoms with E-state index in [-0.39, 0.29) is 23.8 Å². The highest BCUT2D eigenvalue weighted by Crippen LogP contribution is 2.30. The third kappa shape index (κ3) is 7.98. The molecule has 0 heterocycles. The summed E-state index contributed by atoms with van der Waals surface area (Å²) in [5.74, 6) is -0.292. The van der Waals surface area contributed by atoms with Gasteiger partial charge in [-0.3, -0.25) is 13.9 Å². The Balaban J connectivity index is 1.82. The SMILES string of the molecule is CCNC(=O)C(Cc1ccccc1)N(Cc1cccc(OC)c1)C(=O)CN(c1ccc(Cl)cc1C)S(=O)(=O)c1ccccc1. The highest BCUT2D eigenvalue weighted by atomic mass is 35.5. The molecule has 0 saturated heterocycles. The van der Waals surface area contributed by atoms with E-state index < -0.39 is 28.5 Å². The number of nitrogens with zero attached hydrogens (tertiary/aromatic N) is 2. The average Bonchev–Trinajstić information content (AvgIpc) is 3.03. The molecule has 230 valence electrons. The monoisotopic (exact) mass is 633 g/mol. The number of carbonyl (C=O) groups is 2. The second kappa shape index (κ2) is 14.9. The van der Waals surface area contributed by atoms with Gasteiger partial charge in [0.05, 0.1) is 17.7 Å². The van der Waals surface area contributed by atoms with Gasteiger partial charge in [-0.1, -0.05) is 72.3 Å². The highest BCUT2D eigenvalue weighted by molar-refractivity contribution is 7.92. The minimum absolute atomic E-state index is 0.0334. The van der Waals surface area contributed by atoms with Crippen molar-refractivity contribution >= 4 is 39.1 Å². The average molecular weight is 634 g/mol. The Labute approximate surface area is 264 Å². The number of ether oxygens (including phenoxy) is 1. The first-order valence-corrected chi connectivity index (χ1v) is 16.0. The van der Waals surface area contributed by atoms with Crippen LogP contribution in [0, 0.1) is 6.92 Å². The van der Waals surface area contributed by atoms with Crippen LogP contribution in [0.1, 0.15) is 23.6 Å². The fourth-order valence-electron chi connectivity index (χ4n) is 4.95. The van der Waals surface area contributed by atoms with Crippen molar-refractivity contribution in [3.05, 3.63) is 125 Å². The van der Waals surface area contributed by atoms with Crippen LogP contribution in [-0.2, 0) is 32.6 Å².